The maximum Gasteiger partial charge on any atom is -0.00459 e. The lowest BCUT2D eigenvalue weighted by molar-refractivity contribution is 0.672. The standard InChI is InChI=1S/C14H23N/c1-4-15-11-5-6-13-7-9-14(10-8-13)12(2)3/h7-10,12,15H,4-6,11H2,1-3H3. The average Bonchev–Trinajstić information content (AvgIpc) is 2.25. The molecule has 0 aliphatic rings. The third-order valence-corrected chi connectivity index (χ3v) is 2.72. The number of nitrogens with one attached hydrogen (secondary N) is 1. The number of benzene rings is 1. The monoisotopic (exact) mass is 205 g/mol. The zero-order chi connectivity index (χ0) is 11.1. The second-order valence-electron chi connectivity index (χ2n) is 4.35. The molecule has 0 aliphatic carbocycles. The van der Waals surface area contributed by atoms with Gasteiger partial charge in [0, 0.05) is 0 Å². The van der Waals surface area contributed by atoms with Crippen LogP contribution in [0.15, 0.2) is 24.3 Å². The lowest BCUT2D eigenvalue weighted by Crippen LogP contribution is -2.14. The number of hydrogen-bond acceptors (Lipinski definition) is 1. The largest absolute Gasteiger partial charge is 0.317 e. The van der Waals surface area contributed by atoms with Crippen molar-refractivity contribution >= 4 is 0 Å². The predicted molar refractivity (Wildman–Crippen MR) is 67.4 cm³/mol. The van der Waals surface area contributed by atoms with Gasteiger partial charge in [-0.1, -0.05) is 45.0 Å². The minimum atomic E-state index is 0.640. The van der Waals surface area contributed by atoms with Crippen LogP contribution in [0.1, 0.15) is 44.2 Å². The Bertz CT molecular complexity index is 261. The highest BCUT2D eigenvalue weighted by Crippen LogP contribution is 2.15. The Morgan fingerprint density at radius 2 is 1.80 bits per heavy atom. The molecule has 1 nitrogen and oxygen atoms in total. The molecular formula is C14H23N. The third-order valence-electron chi connectivity index (χ3n) is 2.72. The van der Waals surface area contributed by atoms with E-state index in [1.54, 1.807) is 0 Å². The first-order chi connectivity index (χ1) is 7.24. The highest BCUT2D eigenvalue weighted by atomic mass is 14.8. The summed E-state index contributed by atoms with van der Waals surface area (Å²) in [6, 6.07) is 9.04. The normalized spacial score (nSPS) is 10.9. The molecule has 0 atom stereocenters. The van der Waals surface area contributed by atoms with Crippen molar-refractivity contribution in [2.45, 2.75) is 39.5 Å². The Morgan fingerprint density at radius 1 is 1.13 bits per heavy atom. The van der Waals surface area contributed by atoms with Crippen LogP contribution in [-0.4, -0.2) is 13.1 Å². The topological polar surface area (TPSA) is 12.0 Å². The van der Waals surface area contributed by atoms with Crippen molar-refractivity contribution in [1.29, 1.82) is 0 Å². The fourth-order valence-corrected chi connectivity index (χ4v) is 1.66. The van der Waals surface area contributed by atoms with Crippen LogP contribution in [-0.2, 0) is 6.42 Å². The van der Waals surface area contributed by atoms with E-state index in [1.807, 2.05) is 0 Å². The van der Waals surface area contributed by atoms with Crippen LogP contribution in [0.25, 0.3) is 0 Å². The Kier molecular flexibility index (Phi) is 5.41. The summed E-state index contributed by atoms with van der Waals surface area (Å²) in [7, 11) is 0. The van der Waals surface area contributed by atoms with Gasteiger partial charge in [-0.2, -0.15) is 0 Å². The molecule has 0 aliphatic heterocycles. The molecule has 1 heteroatoms. The number of rotatable bonds is 6. The van der Waals surface area contributed by atoms with Gasteiger partial charge in [-0.15, -0.1) is 0 Å². The van der Waals surface area contributed by atoms with Gasteiger partial charge in [0.05, 0.1) is 0 Å². The quantitative estimate of drug-likeness (QED) is 0.702. The summed E-state index contributed by atoms with van der Waals surface area (Å²) in [4.78, 5) is 0. The van der Waals surface area contributed by atoms with Crippen molar-refractivity contribution in [3.8, 4) is 0 Å². The van der Waals surface area contributed by atoms with Crippen LogP contribution in [0.2, 0.25) is 0 Å². The van der Waals surface area contributed by atoms with E-state index < -0.39 is 0 Å². The lowest BCUT2D eigenvalue weighted by atomic mass is 10.0. The third kappa shape index (κ3) is 4.48. The Morgan fingerprint density at radius 3 is 2.33 bits per heavy atom. The van der Waals surface area contributed by atoms with Crippen molar-refractivity contribution in [3.63, 3.8) is 0 Å². The van der Waals surface area contributed by atoms with Gasteiger partial charge in [0.1, 0.15) is 0 Å². The molecule has 0 spiro atoms. The second-order valence-corrected chi connectivity index (χ2v) is 4.35. The van der Waals surface area contributed by atoms with E-state index in [1.165, 1.54) is 24.0 Å². The highest BCUT2D eigenvalue weighted by Gasteiger charge is 1.98. The summed E-state index contributed by atoms with van der Waals surface area (Å²) in [6.45, 7) is 8.83. The van der Waals surface area contributed by atoms with Crippen LogP contribution in [0.5, 0.6) is 0 Å². The minimum Gasteiger partial charge on any atom is -0.317 e. The van der Waals surface area contributed by atoms with Crippen molar-refractivity contribution in [2.24, 2.45) is 0 Å². The van der Waals surface area contributed by atoms with E-state index in [0.717, 1.165) is 13.1 Å². The van der Waals surface area contributed by atoms with Crippen LogP contribution in [0.4, 0.5) is 0 Å². The molecule has 0 saturated carbocycles. The molecule has 0 bridgehead atoms. The zero-order valence-corrected chi connectivity index (χ0v) is 10.2. The molecule has 0 amide bonds. The van der Waals surface area contributed by atoms with E-state index in [0.29, 0.717) is 5.92 Å². The van der Waals surface area contributed by atoms with Gasteiger partial charge in [0.15, 0.2) is 0 Å². The second kappa shape index (κ2) is 6.62. The van der Waals surface area contributed by atoms with Crippen LogP contribution < -0.4 is 5.32 Å². The maximum absolute atomic E-state index is 3.35. The van der Waals surface area contributed by atoms with Crippen LogP contribution in [0, 0.1) is 0 Å². The number of hydrogen-bond donors (Lipinski definition) is 1. The van der Waals surface area contributed by atoms with Crippen molar-refractivity contribution in [3.05, 3.63) is 35.4 Å². The molecule has 0 saturated heterocycles. The van der Waals surface area contributed by atoms with E-state index in [4.69, 9.17) is 0 Å². The molecule has 0 radical (unpaired) electrons. The van der Waals surface area contributed by atoms with E-state index in [-0.39, 0.29) is 0 Å². The molecule has 1 rings (SSSR count). The summed E-state index contributed by atoms with van der Waals surface area (Å²) in [5.41, 5.74) is 2.89. The zero-order valence-electron chi connectivity index (χ0n) is 10.2. The average molecular weight is 205 g/mol. The molecule has 0 fully saturated rings. The lowest BCUT2D eigenvalue weighted by Gasteiger charge is -2.07. The first-order valence-corrected chi connectivity index (χ1v) is 6.03. The predicted octanol–water partition coefficient (Wildman–Crippen LogP) is 3.35. The van der Waals surface area contributed by atoms with Crippen molar-refractivity contribution < 1.29 is 0 Å². The Balaban J connectivity index is 2.36. The summed E-state index contributed by atoms with van der Waals surface area (Å²) in [5, 5.41) is 3.35. The molecule has 15 heavy (non-hydrogen) atoms. The minimum absolute atomic E-state index is 0.640. The van der Waals surface area contributed by atoms with Gasteiger partial charge in [0.2, 0.25) is 0 Å². The molecular weight excluding hydrogens is 182 g/mol. The van der Waals surface area contributed by atoms with Crippen molar-refractivity contribution in [1.82, 2.24) is 5.32 Å². The van der Waals surface area contributed by atoms with Gasteiger partial charge in [-0.25, -0.2) is 0 Å². The van der Waals surface area contributed by atoms with Gasteiger partial charge < -0.3 is 5.32 Å². The fourth-order valence-electron chi connectivity index (χ4n) is 1.66. The van der Waals surface area contributed by atoms with E-state index >= 15 is 0 Å². The number of aryl methyl sites for hydroxylation is 1. The molecule has 84 valence electrons. The summed E-state index contributed by atoms with van der Waals surface area (Å²) in [6.07, 6.45) is 2.42. The Labute approximate surface area is 93.9 Å². The van der Waals surface area contributed by atoms with Gasteiger partial charge in [-0.3, -0.25) is 0 Å². The fraction of sp³-hybridized carbons (Fsp3) is 0.571. The molecule has 1 aromatic rings. The van der Waals surface area contributed by atoms with Crippen LogP contribution in [0.3, 0.4) is 0 Å². The van der Waals surface area contributed by atoms with Gasteiger partial charge >= 0.3 is 0 Å². The first kappa shape index (κ1) is 12.3. The smallest absolute Gasteiger partial charge is 0.00459 e. The molecule has 0 unspecified atom stereocenters. The Hall–Kier alpha value is -0.820. The van der Waals surface area contributed by atoms with Crippen LogP contribution >= 0.6 is 0 Å². The molecule has 1 aromatic carbocycles. The SMILES string of the molecule is CCNCCCc1ccc(C(C)C)cc1. The first-order valence-electron chi connectivity index (χ1n) is 6.03. The maximum atomic E-state index is 3.35. The van der Waals surface area contributed by atoms with Gasteiger partial charge in [0.25, 0.3) is 0 Å². The molecule has 1 N–H and O–H groups in total. The van der Waals surface area contributed by atoms with E-state index in [9.17, 15) is 0 Å². The summed E-state index contributed by atoms with van der Waals surface area (Å²) in [5.74, 6) is 0.640. The van der Waals surface area contributed by atoms with Gasteiger partial charge in [-0.05, 0) is 43.0 Å². The molecule has 0 aromatic heterocycles. The highest BCUT2D eigenvalue weighted by molar-refractivity contribution is 5.24. The van der Waals surface area contributed by atoms with Crippen molar-refractivity contribution in [2.75, 3.05) is 13.1 Å². The summed E-state index contributed by atoms with van der Waals surface area (Å²) >= 11 is 0. The van der Waals surface area contributed by atoms with E-state index in [2.05, 4.69) is 50.4 Å². The summed E-state index contributed by atoms with van der Waals surface area (Å²) < 4.78 is 0. The molecule has 0 heterocycles.